The molecule has 2 N–H and O–H groups in total. The van der Waals surface area contributed by atoms with Crippen LogP contribution in [0.1, 0.15) is 19.3 Å². The second kappa shape index (κ2) is 3.80. The molecule has 1 fully saturated rings. The van der Waals surface area contributed by atoms with Gasteiger partial charge in [-0.15, -0.1) is 4.57 Å². The highest BCUT2D eigenvalue weighted by atomic mass is 16.5. The van der Waals surface area contributed by atoms with E-state index >= 15 is 0 Å². The SMILES string of the molecule is Nc1cc(N2CCCCC2)cc2nc(=O)on12. The van der Waals surface area contributed by atoms with E-state index in [1.54, 1.807) is 0 Å². The first-order valence-corrected chi connectivity index (χ1v) is 5.78. The Bertz CT molecular complexity index is 595. The Hall–Kier alpha value is -1.98. The summed E-state index contributed by atoms with van der Waals surface area (Å²) in [7, 11) is 0. The fourth-order valence-corrected chi connectivity index (χ4v) is 2.28. The smallest absolute Gasteiger partial charge is 0.382 e. The van der Waals surface area contributed by atoms with Crippen molar-refractivity contribution >= 4 is 17.2 Å². The lowest BCUT2D eigenvalue weighted by atomic mass is 10.1. The van der Waals surface area contributed by atoms with Crippen LogP contribution in [0.5, 0.6) is 0 Å². The summed E-state index contributed by atoms with van der Waals surface area (Å²) < 4.78 is 6.11. The van der Waals surface area contributed by atoms with Crippen LogP contribution in [0.3, 0.4) is 0 Å². The molecule has 0 radical (unpaired) electrons. The molecule has 17 heavy (non-hydrogen) atoms. The molecule has 0 amide bonds. The number of pyridine rings is 1. The second-order valence-electron chi connectivity index (χ2n) is 4.31. The van der Waals surface area contributed by atoms with E-state index in [4.69, 9.17) is 10.3 Å². The summed E-state index contributed by atoms with van der Waals surface area (Å²) >= 11 is 0. The Morgan fingerprint density at radius 2 is 2.00 bits per heavy atom. The molecule has 0 bridgehead atoms. The summed E-state index contributed by atoms with van der Waals surface area (Å²) in [4.78, 5) is 17.1. The molecule has 0 aliphatic carbocycles. The van der Waals surface area contributed by atoms with Gasteiger partial charge in [0.25, 0.3) is 0 Å². The van der Waals surface area contributed by atoms with E-state index in [1.165, 1.54) is 23.8 Å². The Morgan fingerprint density at radius 3 is 2.76 bits per heavy atom. The lowest BCUT2D eigenvalue weighted by molar-refractivity contribution is 0.350. The maximum atomic E-state index is 11.1. The van der Waals surface area contributed by atoms with Crippen LogP contribution >= 0.6 is 0 Å². The molecule has 3 heterocycles. The van der Waals surface area contributed by atoms with Crippen molar-refractivity contribution in [3.8, 4) is 0 Å². The van der Waals surface area contributed by atoms with Crippen LogP contribution < -0.4 is 16.4 Å². The zero-order valence-corrected chi connectivity index (χ0v) is 9.43. The molecule has 1 aliphatic rings. The number of rotatable bonds is 1. The first kappa shape index (κ1) is 10.2. The molecular weight excluding hydrogens is 220 g/mol. The molecule has 3 rings (SSSR count). The molecule has 6 nitrogen and oxygen atoms in total. The molecule has 2 aromatic rings. The molecule has 90 valence electrons. The van der Waals surface area contributed by atoms with Gasteiger partial charge >= 0.3 is 5.76 Å². The van der Waals surface area contributed by atoms with Crippen molar-refractivity contribution in [2.45, 2.75) is 19.3 Å². The third-order valence-electron chi connectivity index (χ3n) is 3.11. The summed E-state index contributed by atoms with van der Waals surface area (Å²) in [6, 6.07) is 3.66. The number of nitrogens with two attached hydrogens (primary N) is 1. The van der Waals surface area contributed by atoms with Crippen molar-refractivity contribution < 1.29 is 4.52 Å². The van der Waals surface area contributed by atoms with E-state index in [-0.39, 0.29) is 0 Å². The van der Waals surface area contributed by atoms with Gasteiger partial charge < -0.3 is 15.2 Å². The van der Waals surface area contributed by atoms with Crippen LogP contribution in [0, 0.1) is 0 Å². The van der Waals surface area contributed by atoms with Gasteiger partial charge in [-0.1, -0.05) is 0 Å². The average molecular weight is 234 g/mol. The Morgan fingerprint density at radius 1 is 1.24 bits per heavy atom. The molecular formula is C11H14N4O2. The molecule has 0 aromatic carbocycles. The zero-order chi connectivity index (χ0) is 11.8. The van der Waals surface area contributed by atoms with Crippen LogP contribution in [0.4, 0.5) is 11.5 Å². The number of aromatic nitrogens is 2. The fourth-order valence-electron chi connectivity index (χ4n) is 2.28. The molecule has 6 heteroatoms. The summed E-state index contributed by atoms with van der Waals surface area (Å²) in [5.41, 5.74) is 7.32. The highest BCUT2D eigenvalue weighted by molar-refractivity contribution is 5.61. The Kier molecular flexibility index (Phi) is 2.28. The van der Waals surface area contributed by atoms with Gasteiger partial charge in [-0.25, -0.2) is 4.79 Å². The summed E-state index contributed by atoms with van der Waals surface area (Å²) in [5.74, 6) is -0.217. The topological polar surface area (TPSA) is 76.8 Å². The van der Waals surface area contributed by atoms with E-state index in [2.05, 4.69) is 9.88 Å². The maximum Gasteiger partial charge on any atom is 0.460 e. The second-order valence-corrected chi connectivity index (χ2v) is 4.31. The van der Waals surface area contributed by atoms with Gasteiger partial charge in [0, 0.05) is 30.9 Å². The highest BCUT2D eigenvalue weighted by Crippen LogP contribution is 2.23. The van der Waals surface area contributed by atoms with Crippen LogP contribution in [0.25, 0.3) is 5.65 Å². The molecule has 1 aliphatic heterocycles. The monoisotopic (exact) mass is 234 g/mol. The van der Waals surface area contributed by atoms with Gasteiger partial charge in [0.15, 0.2) is 5.65 Å². The van der Waals surface area contributed by atoms with E-state index in [9.17, 15) is 4.79 Å². The van der Waals surface area contributed by atoms with Crippen LogP contribution in [-0.2, 0) is 0 Å². The Labute approximate surface area is 97.6 Å². The molecule has 0 atom stereocenters. The van der Waals surface area contributed by atoms with Gasteiger partial charge in [0.1, 0.15) is 5.82 Å². The summed E-state index contributed by atoms with van der Waals surface area (Å²) in [6.45, 7) is 2.05. The van der Waals surface area contributed by atoms with Gasteiger partial charge in [-0.05, 0) is 19.3 Å². The first-order valence-electron chi connectivity index (χ1n) is 5.78. The van der Waals surface area contributed by atoms with Crippen molar-refractivity contribution in [3.05, 3.63) is 22.7 Å². The van der Waals surface area contributed by atoms with E-state index in [1.807, 2.05) is 12.1 Å². The first-order chi connectivity index (χ1) is 8.24. The van der Waals surface area contributed by atoms with Crippen LogP contribution in [-0.4, -0.2) is 22.6 Å². The lowest BCUT2D eigenvalue weighted by Gasteiger charge is -2.28. The van der Waals surface area contributed by atoms with Crippen molar-refractivity contribution in [2.24, 2.45) is 0 Å². The summed E-state index contributed by atoms with van der Waals surface area (Å²) in [5, 5.41) is 0. The molecule has 1 saturated heterocycles. The lowest BCUT2D eigenvalue weighted by Crippen LogP contribution is -2.29. The largest absolute Gasteiger partial charge is 0.460 e. The fraction of sp³-hybridized carbons (Fsp3) is 0.455. The maximum absolute atomic E-state index is 11.1. The Balaban J connectivity index is 2.07. The minimum atomic E-state index is -0.618. The predicted molar refractivity (Wildman–Crippen MR) is 64.2 cm³/mol. The van der Waals surface area contributed by atoms with Crippen molar-refractivity contribution in [1.82, 2.24) is 9.56 Å². The standard InChI is InChI=1S/C11H14N4O2/c12-9-6-8(14-4-2-1-3-5-14)7-10-13-11(16)17-15(9)10/h6-7H,1-5,12H2. The zero-order valence-electron chi connectivity index (χ0n) is 9.43. The van der Waals surface area contributed by atoms with Crippen molar-refractivity contribution in [2.75, 3.05) is 23.7 Å². The number of fused-ring (bicyclic) bond motifs is 1. The quantitative estimate of drug-likeness (QED) is 0.791. The third-order valence-corrected chi connectivity index (χ3v) is 3.11. The number of nitrogens with zero attached hydrogens (tertiary/aromatic N) is 3. The average Bonchev–Trinajstić information content (AvgIpc) is 2.71. The van der Waals surface area contributed by atoms with Gasteiger partial charge in [0.05, 0.1) is 0 Å². The number of anilines is 2. The number of piperidine rings is 1. The molecule has 0 spiro atoms. The minimum Gasteiger partial charge on any atom is -0.382 e. The normalized spacial score (nSPS) is 16.6. The third kappa shape index (κ3) is 1.75. The van der Waals surface area contributed by atoms with Crippen molar-refractivity contribution in [1.29, 1.82) is 0 Å². The number of hydrogen-bond acceptors (Lipinski definition) is 5. The van der Waals surface area contributed by atoms with Crippen LogP contribution in [0.15, 0.2) is 21.5 Å². The van der Waals surface area contributed by atoms with E-state index in [0.717, 1.165) is 18.8 Å². The van der Waals surface area contributed by atoms with Crippen molar-refractivity contribution in [3.63, 3.8) is 0 Å². The van der Waals surface area contributed by atoms with Crippen LogP contribution in [0.2, 0.25) is 0 Å². The number of nitrogen functional groups attached to an aromatic ring is 1. The summed E-state index contributed by atoms with van der Waals surface area (Å²) in [6.07, 6.45) is 3.66. The van der Waals surface area contributed by atoms with Gasteiger partial charge in [-0.3, -0.25) is 0 Å². The predicted octanol–water partition coefficient (Wildman–Crippen LogP) is 0.860. The molecule has 0 saturated carbocycles. The molecule has 2 aromatic heterocycles. The highest BCUT2D eigenvalue weighted by Gasteiger charge is 2.14. The van der Waals surface area contributed by atoms with Gasteiger partial charge in [0.2, 0.25) is 0 Å². The molecule has 0 unspecified atom stereocenters. The number of hydrogen-bond donors (Lipinski definition) is 1. The van der Waals surface area contributed by atoms with E-state index in [0.29, 0.717) is 11.5 Å². The minimum absolute atomic E-state index is 0.401. The van der Waals surface area contributed by atoms with Gasteiger partial charge in [-0.2, -0.15) is 4.98 Å². The van der Waals surface area contributed by atoms with E-state index < -0.39 is 5.76 Å².